The van der Waals surface area contributed by atoms with Gasteiger partial charge in [0.2, 0.25) is 5.91 Å². The average molecular weight is 178 g/mol. The first-order valence-electron chi connectivity index (χ1n) is 3.71. The van der Waals surface area contributed by atoms with E-state index in [1.807, 2.05) is 0 Å². The number of amides is 1. The number of terminal acetylenes is 1. The summed E-state index contributed by atoms with van der Waals surface area (Å²) < 4.78 is 0. The second-order valence-electron chi connectivity index (χ2n) is 2.52. The molecule has 5 heteroatoms. The highest BCUT2D eigenvalue weighted by atomic mass is 16.1. The van der Waals surface area contributed by atoms with Gasteiger partial charge < -0.3 is 16.0 Å². The minimum Gasteiger partial charge on any atom is -0.368 e. The van der Waals surface area contributed by atoms with Crippen LogP contribution in [0.15, 0.2) is 12.5 Å². The number of carbonyl (C=O) groups excluding carboxylic acids is 1. The van der Waals surface area contributed by atoms with Crippen molar-refractivity contribution in [3.05, 3.63) is 18.2 Å². The molecule has 0 saturated heterocycles. The molecule has 1 atom stereocenters. The number of primary amides is 1. The van der Waals surface area contributed by atoms with Crippen molar-refractivity contribution in [2.45, 2.75) is 12.5 Å². The third kappa shape index (κ3) is 2.52. The number of nitrogens with one attached hydrogen (secondary N) is 2. The Hall–Kier alpha value is -1.96. The summed E-state index contributed by atoms with van der Waals surface area (Å²) in [5.41, 5.74) is 5.92. The van der Waals surface area contributed by atoms with E-state index in [0.29, 0.717) is 6.42 Å². The van der Waals surface area contributed by atoms with Gasteiger partial charge in [-0.1, -0.05) is 6.42 Å². The van der Waals surface area contributed by atoms with Crippen molar-refractivity contribution in [2.75, 3.05) is 0 Å². The lowest BCUT2D eigenvalue weighted by Gasteiger charge is -2.09. The number of hydrogen-bond donors (Lipinski definition) is 3. The number of H-pyrrole nitrogens is 1. The number of nitrogens with zero attached hydrogens (tertiary/aromatic N) is 1. The Morgan fingerprint density at radius 1 is 1.92 bits per heavy atom. The van der Waals surface area contributed by atoms with Crippen molar-refractivity contribution < 1.29 is 4.79 Å². The van der Waals surface area contributed by atoms with Crippen LogP contribution in [0, 0.1) is 12.5 Å². The smallest absolute Gasteiger partial charge is 0.240 e. The molecule has 0 radical (unpaired) electrons. The Balaban J connectivity index is 2.59. The Kier molecular flexibility index (Phi) is 2.92. The highest BCUT2D eigenvalue weighted by molar-refractivity contribution is 5.80. The predicted octanol–water partition coefficient (Wildman–Crippen LogP) is -1.01. The fourth-order valence-corrected chi connectivity index (χ4v) is 0.940. The van der Waals surface area contributed by atoms with Gasteiger partial charge in [0.1, 0.15) is 6.04 Å². The zero-order chi connectivity index (χ0) is 9.68. The van der Waals surface area contributed by atoms with Crippen molar-refractivity contribution in [1.29, 1.82) is 0 Å². The minimum absolute atomic E-state index is 0.416. The quantitative estimate of drug-likeness (QED) is 0.408. The molecule has 5 nitrogen and oxygen atoms in total. The van der Waals surface area contributed by atoms with E-state index < -0.39 is 11.9 Å². The summed E-state index contributed by atoms with van der Waals surface area (Å²) in [6, 6.07) is 1.63. The minimum atomic E-state index is -0.551. The number of imidazole rings is 1. The molecule has 0 aliphatic heterocycles. The van der Waals surface area contributed by atoms with Crippen molar-refractivity contribution in [2.24, 2.45) is 5.73 Å². The van der Waals surface area contributed by atoms with Gasteiger partial charge in [0.25, 0.3) is 0 Å². The van der Waals surface area contributed by atoms with Gasteiger partial charge in [0.15, 0.2) is 0 Å². The number of aromatic nitrogens is 2. The van der Waals surface area contributed by atoms with Gasteiger partial charge in [-0.25, -0.2) is 4.98 Å². The van der Waals surface area contributed by atoms with E-state index in [1.54, 1.807) is 6.20 Å². The Bertz CT molecular complexity index is 311. The van der Waals surface area contributed by atoms with Gasteiger partial charge in [-0.2, -0.15) is 0 Å². The van der Waals surface area contributed by atoms with Crippen LogP contribution >= 0.6 is 0 Å². The lowest BCUT2D eigenvalue weighted by atomic mass is 10.1. The van der Waals surface area contributed by atoms with Crippen LogP contribution in [0.25, 0.3) is 0 Å². The first kappa shape index (κ1) is 9.13. The molecule has 1 amide bonds. The molecule has 0 saturated carbocycles. The molecule has 0 aromatic carbocycles. The molecular weight excluding hydrogens is 168 g/mol. The zero-order valence-corrected chi connectivity index (χ0v) is 6.95. The molecule has 4 N–H and O–H groups in total. The van der Waals surface area contributed by atoms with E-state index in [1.165, 1.54) is 6.33 Å². The van der Waals surface area contributed by atoms with Gasteiger partial charge in [-0.15, -0.1) is 0 Å². The van der Waals surface area contributed by atoms with Gasteiger partial charge in [0.05, 0.1) is 6.33 Å². The highest BCUT2D eigenvalue weighted by Crippen LogP contribution is 1.97. The first-order chi connectivity index (χ1) is 6.24. The molecule has 1 aromatic rings. The van der Waals surface area contributed by atoms with Crippen molar-refractivity contribution in [1.82, 2.24) is 15.3 Å². The Morgan fingerprint density at radius 3 is 3.15 bits per heavy atom. The van der Waals surface area contributed by atoms with E-state index >= 15 is 0 Å². The van der Waals surface area contributed by atoms with Gasteiger partial charge in [-0.05, 0) is 0 Å². The monoisotopic (exact) mass is 178 g/mol. The van der Waals surface area contributed by atoms with Crippen LogP contribution in [0.1, 0.15) is 5.69 Å². The number of carbonyl (C=O) groups is 1. The fraction of sp³-hybridized carbons (Fsp3) is 0.250. The number of aromatic amines is 1. The SMILES string of the molecule is C#CNC(Cc1cnc[nH]1)C(N)=O. The third-order valence-corrected chi connectivity index (χ3v) is 1.58. The molecule has 0 fully saturated rings. The zero-order valence-electron chi connectivity index (χ0n) is 6.95. The summed E-state index contributed by atoms with van der Waals surface area (Å²) in [6.07, 6.45) is 8.57. The second-order valence-corrected chi connectivity index (χ2v) is 2.52. The van der Waals surface area contributed by atoms with E-state index in [-0.39, 0.29) is 0 Å². The fourth-order valence-electron chi connectivity index (χ4n) is 0.940. The maximum absolute atomic E-state index is 10.8. The van der Waals surface area contributed by atoms with Crippen LogP contribution in [0.5, 0.6) is 0 Å². The Labute approximate surface area is 75.7 Å². The topological polar surface area (TPSA) is 83.8 Å². The summed E-state index contributed by atoms with van der Waals surface area (Å²) in [5.74, 6) is -0.479. The van der Waals surface area contributed by atoms with Crippen LogP contribution in [-0.2, 0) is 11.2 Å². The van der Waals surface area contributed by atoms with Crippen LogP contribution in [0.2, 0.25) is 0 Å². The average Bonchev–Trinajstić information content (AvgIpc) is 2.56. The van der Waals surface area contributed by atoms with Crippen molar-refractivity contribution in [3.63, 3.8) is 0 Å². The van der Waals surface area contributed by atoms with Gasteiger partial charge in [-0.3, -0.25) is 4.79 Å². The molecule has 68 valence electrons. The summed E-state index contributed by atoms with van der Waals surface area (Å²) in [6.45, 7) is 0. The number of nitrogens with two attached hydrogens (primary N) is 1. The molecular formula is C8H10N4O. The van der Waals surface area contributed by atoms with E-state index in [0.717, 1.165) is 5.69 Å². The molecule has 0 bridgehead atoms. The second kappa shape index (κ2) is 4.16. The summed E-state index contributed by atoms with van der Waals surface area (Å²) in [7, 11) is 0. The molecule has 0 spiro atoms. The van der Waals surface area contributed by atoms with Gasteiger partial charge in [0, 0.05) is 24.4 Å². The summed E-state index contributed by atoms with van der Waals surface area (Å²) in [4.78, 5) is 17.5. The first-order valence-corrected chi connectivity index (χ1v) is 3.71. The van der Waals surface area contributed by atoms with Crippen LogP contribution < -0.4 is 11.1 Å². The maximum atomic E-state index is 10.8. The van der Waals surface area contributed by atoms with Crippen LogP contribution in [-0.4, -0.2) is 21.9 Å². The lowest BCUT2D eigenvalue weighted by Crippen LogP contribution is -2.40. The molecule has 1 unspecified atom stereocenters. The molecule has 1 rings (SSSR count). The summed E-state index contributed by atoms with van der Waals surface area (Å²) in [5, 5.41) is 2.53. The normalized spacial score (nSPS) is 11.6. The summed E-state index contributed by atoms with van der Waals surface area (Å²) >= 11 is 0. The largest absolute Gasteiger partial charge is 0.368 e. The molecule has 13 heavy (non-hydrogen) atoms. The molecule has 1 heterocycles. The van der Waals surface area contributed by atoms with E-state index in [2.05, 4.69) is 21.3 Å². The van der Waals surface area contributed by atoms with Crippen LogP contribution in [0.3, 0.4) is 0 Å². The molecule has 0 aliphatic rings. The van der Waals surface area contributed by atoms with E-state index in [9.17, 15) is 4.79 Å². The number of rotatable bonds is 4. The highest BCUT2D eigenvalue weighted by Gasteiger charge is 2.14. The standard InChI is InChI=1S/C8H10N4O/c1-2-11-7(8(9)13)3-6-4-10-5-12-6/h1,4-5,7,11H,3H2,(H2,9,13)(H,10,12). The van der Waals surface area contributed by atoms with Crippen molar-refractivity contribution >= 4 is 5.91 Å². The molecule has 0 aliphatic carbocycles. The lowest BCUT2D eigenvalue weighted by molar-refractivity contribution is -0.119. The Morgan fingerprint density at radius 2 is 2.69 bits per heavy atom. The van der Waals surface area contributed by atoms with Crippen LogP contribution in [0.4, 0.5) is 0 Å². The van der Waals surface area contributed by atoms with E-state index in [4.69, 9.17) is 12.2 Å². The third-order valence-electron chi connectivity index (χ3n) is 1.58. The maximum Gasteiger partial charge on any atom is 0.240 e. The predicted molar refractivity (Wildman–Crippen MR) is 47.2 cm³/mol. The molecule has 1 aromatic heterocycles. The number of hydrogen-bond acceptors (Lipinski definition) is 3. The van der Waals surface area contributed by atoms with Crippen molar-refractivity contribution in [3.8, 4) is 12.5 Å². The van der Waals surface area contributed by atoms with Gasteiger partial charge >= 0.3 is 0 Å².